The van der Waals surface area contributed by atoms with E-state index in [4.69, 9.17) is 10.2 Å². The second-order valence-electron chi connectivity index (χ2n) is 4.36. The van der Waals surface area contributed by atoms with Crippen molar-refractivity contribution in [2.75, 3.05) is 13.2 Å². The van der Waals surface area contributed by atoms with Gasteiger partial charge in [0.1, 0.15) is 6.61 Å². The van der Waals surface area contributed by atoms with Crippen molar-refractivity contribution in [1.29, 1.82) is 0 Å². The first-order chi connectivity index (χ1) is 9.58. The summed E-state index contributed by atoms with van der Waals surface area (Å²) in [4.78, 5) is 20.3. The van der Waals surface area contributed by atoms with Crippen LogP contribution in [0.1, 0.15) is 58.3 Å². The van der Waals surface area contributed by atoms with Gasteiger partial charge in [-0.3, -0.25) is 4.79 Å². The SMILES string of the molecule is C=CC(=O)OCCO.CCCCCCCCCC(=O)O. The lowest BCUT2D eigenvalue weighted by Crippen LogP contribution is -2.04. The summed E-state index contributed by atoms with van der Waals surface area (Å²) in [5.74, 6) is -1.16. The fraction of sp³-hybridized carbons (Fsp3) is 0.733. The monoisotopic (exact) mass is 288 g/mol. The Kier molecular flexibility index (Phi) is 18.5. The Morgan fingerprint density at radius 1 is 1.10 bits per heavy atom. The molecule has 0 spiro atoms. The van der Waals surface area contributed by atoms with E-state index in [-0.39, 0.29) is 13.2 Å². The van der Waals surface area contributed by atoms with Crippen LogP contribution in [0.5, 0.6) is 0 Å². The zero-order valence-corrected chi connectivity index (χ0v) is 12.5. The summed E-state index contributed by atoms with van der Waals surface area (Å²) in [6.07, 6.45) is 9.69. The van der Waals surface area contributed by atoms with E-state index in [1.54, 1.807) is 0 Å². The van der Waals surface area contributed by atoms with Crippen molar-refractivity contribution in [1.82, 2.24) is 0 Å². The Hall–Kier alpha value is -1.36. The lowest BCUT2D eigenvalue weighted by Gasteiger charge is -1.98. The number of rotatable bonds is 11. The quantitative estimate of drug-likeness (QED) is 0.347. The van der Waals surface area contributed by atoms with Crippen molar-refractivity contribution in [3.63, 3.8) is 0 Å². The predicted molar refractivity (Wildman–Crippen MR) is 78.5 cm³/mol. The molecule has 5 nitrogen and oxygen atoms in total. The van der Waals surface area contributed by atoms with Gasteiger partial charge in [0.2, 0.25) is 0 Å². The number of aliphatic hydroxyl groups excluding tert-OH is 1. The number of esters is 1. The van der Waals surface area contributed by atoms with Crippen LogP contribution in [0.4, 0.5) is 0 Å². The minimum absolute atomic E-state index is 0.0465. The maximum absolute atomic E-state index is 10.1. The molecule has 0 fully saturated rings. The Morgan fingerprint density at radius 2 is 1.65 bits per heavy atom. The summed E-state index contributed by atoms with van der Waals surface area (Å²) < 4.78 is 4.33. The molecular formula is C15H28O5. The van der Waals surface area contributed by atoms with E-state index in [0.717, 1.165) is 18.9 Å². The second kappa shape index (κ2) is 17.6. The predicted octanol–water partition coefficient (Wildman–Crippen LogP) is 2.92. The molecule has 5 heteroatoms. The van der Waals surface area contributed by atoms with Gasteiger partial charge in [0.25, 0.3) is 0 Å². The molecular weight excluding hydrogens is 260 g/mol. The fourth-order valence-electron chi connectivity index (χ4n) is 1.44. The number of carbonyl (C=O) groups is 2. The Bertz CT molecular complexity index is 251. The average Bonchev–Trinajstić information content (AvgIpc) is 2.44. The van der Waals surface area contributed by atoms with Gasteiger partial charge in [-0.05, 0) is 6.42 Å². The molecule has 0 atom stereocenters. The molecule has 118 valence electrons. The van der Waals surface area contributed by atoms with Crippen molar-refractivity contribution in [2.45, 2.75) is 58.3 Å². The fourth-order valence-corrected chi connectivity index (χ4v) is 1.44. The maximum Gasteiger partial charge on any atom is 0.330 e. The molecule has 0 aromatic heterocycles. The van der Waals surface area contributed by atoms with Crippen LogP contribution in [0, 0.1) is 0 Å². The number of carboxylic acid groups (broad SMARTS) is 1. The molecule has 0 aliphatic rings. The van der Waals surface area contributed by atoms with Gasteiger partial charge < -0.3 is 14.9 Å². The highest BCUT2D eigenvalue weighted by Gasteiger charge is 1.95. The van der Waals surface area contributed by atoms with Crippen LogP contribution in [-0.2, 0) is 14.3 Å². The van der Waals surface area contributed by atoms with Crippen LogP contribution >= 0.6 is 0 Å². The molecule has 0 rings (SSSR count). The van der Waals surface area contributed by atoms with Crippen LogP contribution in [-0.4, -0.2) is 35.4 Å². The van der Waals surface area contributed by atoms with Gasteiger partial charge in [-0.25, -0.2) is 4.79 Å². The number of ether oxygens (including phenoxy) is 1. The third kappa shape index (κ3) is 21.9. The van der Waals surface area contributed by atoms with Crippen molar-refractivity contribution in [2.24, 2.45) is 0 Å². The molecule has 0 radical (unpaired) electrons. The zero-order chi connectivity index (χ0) is 15.6. The van der Waals surface area contributed by atoms with E-state index in [1.165, 1.54) is 32.1 Å². The molecule has 0 aliphatic carbocycles. The topological polar surface area (TPSA) is 83.8 Å². The van der Waals surface area contributed by atoms with Crippen molar-refractivity contribution < 1.29 is 24.5 Å². The molecule has 0 amide bonds. The van der Waals surface area contributed by atoms with Crippen LogP contribution < -0.4 is 0 Å². The zero-order valence-electron chi connectivity index (χ0n) is 12.5. The lowest BCUT2D eigenvalue weighted by molar-refractivity contribution is -0.139. The van der Waals surface area contributed by atoms with Gasteiger partial charge in [-0.2, -0.15) is 0 Å². The first kappa shape index (κ1) is 20.9. The van der Waals surface area contributed by atoms with Crippen LogP contribution in [0.25, 0.3) is 0 Å². The minimum Gasteiger partial charge on any atom is -0.481 e. The third-order valence-corrected chi connectivity index (χ3v) is 2.50. The molecule has 0 unspecified atom stereocenters. The summed E-state index contributed by atoms with van der Waals surface area (Å²) in [5, 5.41) is 16.5. The van der Waals surface area contributed by atoms with E-state index in [9.17, 15) is 9.59 Å². The summed E-state index contributed by atoms with van der Waals surface area (Å²) in [5.41, 5.74) is 0. The van der Waals surface area contributed by atoms with Gasteiger partial charge in [0.15, 0.2) is 0 Å². The van der Waals surface area contributed by atoms with Gasteiger partial charge >= 0.3 is 11.9 Å². The standard InChI is InChI=1S/C10H20O2.C5H8O3/c1-2-3-4-5-6-7-8-9-10(11)12;1-2-5(7)8-4-3-6/h2-9H2,1H3,(H,11,12);2,6H,1,3-4H2. The highest BCUT2D eigenvalue weighted by atomic mass is 16.5. The van der Waals surface area contributed by atoms with Crippen LogP contribution in [0.15, 0.2) is 12.7 Å². The number of carbonyl (C=O) groups excluding carboxylic acids is 1. The van der Waals surface area contributed by atoms with Gasteiger partial charge in [0.05, 0.1) is 6.61 Å². The first-order valence-corrected chi connectivity index (χ1v) is 7.20. The maximum atomic E-state index is 10.1. The van der Waals surface area contributed by atoms with E-state index in [1.807, 2.05) is 0 Å². The number of carboxylic acids is 1. The average molecular weight is 288 g/mol. The number of hydrogen-bond donors (Lipinski definition) is 2. The molecule has 0 heterocycles. The van der Waals surface area contributed by atoms with Crippen LogP contribution in [0.3, 0.4) is 0 Å². The normalized spacial score (nSPS) is 9.30. The number of aliphatic carboxylic acids is 1. The van der Waals surface area contributed by atoms with Crippen LogP contribution in [0.2, 0.25) is 0 Å². The third-order valence-electron chi connectivity index (χ3n) is 2.50. The Balaban J connectivity index is 0. The summed E-state index contributed by atoms with van der Waals surface area (Å²) in [6, 6.07) is 0. The number of hydrogen-bond acceptors (Lipinski definition) is 4. The summed E-state index contributed by atoms with van der Waals surface area (Å²) in [6.45, 7) is 5.26. The second-order valence-corrected chi connectivity index (χ2v) is 4.36. The van der Waals surface area contributed by atoms with Gasteiger partial charge in [-0.15, -0.1) is 0 Å². The summed E-state index contributed by atoms with van der Waals surface area (Å²) >= 11 is 0. The smallest absolute Gasteiger partial charge is 0.330 e. The minimum atomic E-state index is -0.663. The molecule has 0 aromatic carbocycles. The largest absolute Gasteiger partial charge is 0.481 e. The highest BCUT2D eigenvalue weighted by Crippen LogP contribution is 2.07. The molecule has 0 saturated carbocycles. The van der Waals surface area contributed by atoms with Crippen molar-refractivity contribution in [3.8, 4) is 0 Å². The van der Waals surface area contributed by atoms with E-state index >= 15 is 0 Å². The molecule has 0 aromatic rings. The van der Waals surface area contributed by atoms with Gasteiger partial charge in [0, 0.05) is 12.5 Å². The molecule has 0 saturated heterocycles. The molecule has 20 heavy (non-hydrogen) atoms. The molecule has 0 aliphatic heterocycles. The number of unbranched alkanes of at least 4 members (excludes halogenated alkanes) is 6. The summed E-state index contributed by atoms with van der Waals surface area (Å²) in [7, 11) is 0. The van der Waals surface area contributed by atoms with E-state index in [0.29, 0.717) is 6.42 Å². The Morgan fingerprint density at radius 3 is 2.10 bits per heavy atom. The van der Waals surface area contributed by atoms with Crippen molar-refractivity contribution in [3.05, 3.63) is 12.7 Å². The lowest BCUT2D eigenvalue weighted by atomic mass is 10.1. The van der Waals surface area contributed by atoms with Crippen molar-refractivity contribution >= 4 is 11.9 Å². The van der Waals surface area contributed by atoms with Gasteiger partial charge in [-0.1, -0.05) is 52.0 Å². The van der Waals surface area contributed by atoms with E-state index in [2.05, 4.69) is 18.2 Å². The highest BCUT2D eigenvalue weighted by molar-refractivity contribution is 5.81. The molecule has 2 N–H and O–H groups in total. The molecule has 0 bridgehead atoms. The first-order valence-electron chi connectivity index (χ1n) is 7.20. The Labute approximate surface area is 121 Å². The number of aliphatic hydroxyl groups is 1. The van der Waals surface area contributed by atoms with E-state index < -0.39 is 11.9 Å².